The summed E-state index contributed by atoms with van der Waals surface area (Å²) >= 11 is 17.3. The number of nitrogens with zero attached hydrogens (tertiary/aromatic N) is 2. The molecule has 1 aliphatic heterocycles. The lowest BCUT2D eigenvalue weighted by Gasteiger charge is -2.24. The lowest BCUT2D eigenvalue weighted by molar-refractivity contribution is -0.140. The maximum Gasteiger partial charge on any atom is 0.271 e. The van der Waals surface area contributed by atoms with Gasteiger partial charge in [0.1, 0.15) is 6.61 Å². The van der Waals surface area contributed by atoms with Gasteiger partial charge in [-0.3, -0.25) is 19.3 Å². The van der Waals surface area contributed by atoms with Crippen LogP contribution in [0.15, 0.2) is 60.7 Å². The summed E-state index contributed by atoms with van der Waals surface area (Å²) in [6.45, 7) is 0.0373. The molecular formula is C24H20Cl2N2O4S. The van der Waals surface area contributed by atoms with Gasteiger partial charge in [0, 0.05) is 15.6 Å². The SMILES string of the molecule is O=C1[C@H]2CC=CC[C@H]2C(=O)N1CCOC(=S)N(C(=O)c1ccc(Cl)cc1)c1ccc(Cl)cc1. The maximum atomic E-state index is 13.2. The van der Waals surface area contributed by atoms with E-state index in [2.05, 4.69) is 0 Å². The molecule has 1 fully saturated rings. The summed E-state index contributed by atoms with van der Waals surface area (Å²) in [6.07, 6.45) is 5.03. The molecule has 2 atom stereocenters. The van der Waals surface area contributed by atoms with Crippen molar-refractivity contribution in [1.82, 2.24) is 4.90 Å². The van der Waals surface area contributed by atoms with E-state index in [-0.39, 0.29) is 42.0 Å². The number of allylic oxidation sites excluding steroid dienone is 2. The summed E-state index contributed by atoms with van der Waals surface area (Å²) in [4.78, 5) is 41.0. The monoisotopic (exact) mass is 502 g/mol. The van der Waals surface area contributed by atoms with Gasteiger partial charge < -0.3 is 4.74 Å². The predicted molar refractivity (Wildman–Crippen MR) is 130 cm³/mol. The highest BCUT2D eigenvalue weighted by molar-refractivity contribution is 7.80. The zero-order chi connectivity index (χ0) is 23.5. The van der Waals surface area contributed by atoms with Crippen molar-refractivity contribution in [3.05, 3.63) is 76.3 Å². The number of imide groups is 1. The summed E-state index contributed by atoms with van der Waals surface area (Å²) in [6, 6.07) is 13.0. The molecule has 170 valence electrons. The Morgan fingerprint density at radius 2 is 1.45 bits per heavy atom. The van der Waals surface area contributed by atoms with Crippen molar-refractivity contribution in [3.63, 3.8) is 0 Å². The molecule has 33 heavy (non-hydrogen) atoms. The largest absolute Gasteiger partial charge is 0.468 e. The summed E-state index contributed by atoms with van der Waals surface area (Å²) < 4.78 is 5.68. The van der Waals surface area contributed by atoms with Crippen LogP contribution in [-0.2, 0) is 14.3 Å². The Bertz CT molecular complexity index is 1090. The van der Waals surface area contributed by atoms with Crippen LogP contribution < -0.4 is 4.90 Å². The zero-order valence-electron chi connectivity index (χ0n) is 17.4. The summed E-state index contributed by atoms with van der Waals surface area (Å²) in [7, 11) is 0. The molecule has 0 unspecified atom stereocenters. The number of carbonyl (C=O) groups excluding carboxylic acids is 3. The molecule has 1 saturated heterocycles. The number of carbonyl (C=O) groups is 3. The van der Waals surface area contributed by atoms with E-state index in [1.54, 1.807) is 48.5 Å². The fourth-order valence-corrected chi connectivity index (χ4v) is 4.52. The number of ether oxygens (including phenoxy) is 1. The van der Waals surface area contributed by atoms with Gasteiger partial charge in [-0.25, -0.2) is 4.90 Å². The smallest absolute Gasteiger partial charge is 0.271 e. The molecule has 2 aromatic carbocycles. The van der Waals surface area contributed by atoms with Crippen LogP contribution in [0.4, 0.5) is 5.69 Å². The number of rotatable bonds is 5. The second-order valence-corrected chi connectivity index (χ2v) is 8.94. The van der Waals surface area contributed by atoms with Crippen molar-refractivity contribution in [3.8, 4) is 0 Å². The molecule has 0 bridgehead atoms. The lowest BCUT2D eigenvalue weighted by Crippen LogP contribution is -2.40. The minimum absolute atomic E-state index is 0.0266. The van der Waals surface area contributed by atoms with Crippen LogP contribution in [-0.4, -0.2) is 40.9 Å². The molecule has 2 aromatic rings. The van der Waals surface area contributed by atoms with Crippen molar-refractivity contribution < 1.29 is 19.1 Å². The first-order chi connectivity index (χ1) is 15.9. The molecule has 0 radical (unpaired) electrons. The van der Waals surface area contributed by atoms with Crippen molar-refractivity contribution >= 4 is 64.0 Å². The van der Waals surface area contributed by atoms with Gasteiger partial charge in [-0.2, -0.15) is 0 Å². The molecule has 0 N–H and O–H groups in total. The van der Waals surface area contributed by atoms with Crippen molar-refractivity contribution in [2.24, 2.45) is 11.8 Å². The molecule has 0 spiro atoms. The Labute approximate surface area is 206 Å². The van der Waals surface area contributed by atoms with Gasteiger partial charge in [-0.1, -0.05) is 35.4 Å². The second-order valence-electron chi connectivity index (χ2n) is 7.72. The summed E-state index contributed by atoms with van der Waals surface area (Å²) in [5.74, 6) is -1.38. The van der Waals surface area contributed by atoms with Crippen LogP contribution in [0.3, 0.4) is 0 Å². The number of fused-ring (bicyclic) bond motifs is 1. The first-order valence-corrected chi connectivity index (χ1v) is 11.6. The van der Waals surface area contributed by atoms with E-state index in [4.69, 9.17) is 40.2 Å². The molecule has 1 heterocycles. The Kier molecular flexibility index (Phi) is 7.12. The van der Waals surface area contributed by atoms with E-state index in [1.807, 2.05) is 12.2 Å². The minimum atomic E-state index is -0.413. The van der Waals surface area contributed by atoms with Crippen LogP contribution in [0.25, 0.3) is 0 Å². The molecular weight excluding hydrogens is 483 g/mol. The van der Waals surface area contributed by atoms with E-state index < -0.39 is 5.91 Å². The fraction of sp³-hybridized carbons (Fsp3) is 0.250. The van der Waals surface area contributed by atoms with Crippen molar-refractivity contribution in [1.29, 1.82) is 0 Å². The maximum absolute atomic E-state index is 13.2. The Balaban J connectivity index is 1.47. The van der Waals surface area contributed by atoms with Gasteiger partial charge in [0.2, 0.25) is 11.8 Å². The number of halogens is 2. The number of hydrogen-bond donors (Lipinski definition) is 0. The number of hydrogen-bond acceptors (Lipinski definition) is 5. The van der Waals surface area contributed by atoms with Gasteiger partial charge in [-0.15, -0.1) is 0 Å². The highest BCUT2D eigenvalue weighted by Crippen LogP contribution is 2.34. The lowest BCUT2D eigenvalue weighted by atomic mass is 9.85. The number of benzene rings is 2. The Hall–Kier alpha value is -2.74. The standard InChI is InChI=1S/C24H20Cl2N2O4S/c25-16-7-5-15(6-8-16)21(29)28(18-11-9-17(26)10-12-18)24(33)32-14-13-27-22(30)19-3-1-2-4-20(19)23(27)31/h1-2,5-12,19-20H,3-4,13-14H2/t19-,20+. The first-order valence-electron chi connectivity index (χ1n) is 10.4. The third kappa shape index (κ3) is 4.95. The van der Waals surface area contributed by atoms with Gasteiger partial charge in [-0.05, 0) is 73.6 Å². The normalized spacial score (nSPS) is 19.4. The van der Waals surface area contributed by atoms with Crippen molar-refractivity contribution in [2.45, 2.75) is 12.8 Å². The minimum Gasteiger partial charge on any atom is -0.468 e. The molecule has 3 amide bonds. The number of likely N-dealkylation sites (tertiary alicyclic amines) is 1. The summed E-state index contributed by atoms with van der Waals surface area (Å²) in [5.41, 5.74) is 0.830. The van der Waals surface area contributed by atoms with E-state index in [9.17, 15) is 14.4 Å². The first kappa shape index (κ1) is 23.4. The second kappa shape index (κ2) is 10.0. The van der Waals surface area contributed by atoms with Crippen molar-refractivity contribution in [2.75, 3.05) is 18.1 Å². The average molecular weight is 503 g/mol. The average Bonchev–Trinajstić information content (AvgIpc) is 3.06. The summed E-state index contributed by atoms with van der Waals surface area (Å²) in [5, 5.41) is 0.904. The van der Waals surface area contributed by atoms with E-state index in [0.717, 1.165) is 0 Å². The molecule has 0 saturated carbocycles. The molecule has 0 aromatic heterocycles. The quantitative estimate of drug-likeness (QED) is 0.330. The fourth-order valence-electron chi connectivity index (χ4n) is 4.00. The topological polar surface area (TPSA) is 66.9 Å². The van der Waals surface area contributed by atoms with Crippen LogP contribution >= 0.6 is 35.4 Å². The zero-order valence-corrected chi connectivity index (χ0v) is 19.8. The molecule has 1 aliphatic carbocycles. The van der Waals surface area contributed by atoms with E-state index >= 15 is 0 Å². The van der Waals surface area contributed by atoms with Crippen LogP contribution in [0.1, 0.15) is 23.2 Å². The van der Waals surface area contributed by atoms with Gasteiger partial charge >= 0.3 is 0 Å². The van der Waals surface area contributed by atoms with E-state index in [1.165, 1.54) is 9.80 Å². The highest BCUT2D eigenvalue weighted by atomic mass is 35.5. The molecule has 9 heteroatoms. The molecule has 4 rings (SSSR count). The molecule has 2 aliphatic rings. The highest BCUT2D eigenvalue weighted by Gasteiger charge is 2.46. The number of thiocarbonyl (C=S) groups is 1. The van der Waals surface area contributed by atoms with Gasteiger partial charge in [0.05, 0.1) is 24.1 Å². The van der Waals surface area contributed by atoms with E-state index in [0.29, 0.717) is 34.1 Å². The number of amides is 3. The predicted octanol–water partition coefficient (Wildman–Crippen LogP) is 4.89. The third-order valence-electron chi connectivity index (χ3n) is 5.70. The Morgan fingerprint density at radius 3 is 2.00 bits per heavy atom. The Morgan fingerprint density at radius 1 is 0.939 bits per heavy atom. The van der Waals surface area contributed by atoms with Crippen LogP contribution in [0.5, 0.6) is 0 Å². The third-order valence-corrected chi connectivity index (χ3v) is 6.51. The van der Waals surface area contributed by atoms with Gasteiger partial charge in [0.15, 0.2) is 0 Å². The van der Waals surface area contributed by atoms with Crippen LogP contribution in [0.2, 0.25) is 10.0 Å². The molecule has 6 nitrogen and oxygen atoms in total. The van der Waals surface area contributed by atoms with Crippen LogP contribution in [0, 0.1) is 11.8 Å². The van der Waals surface area contributed by atoms with Gasteiger partial charge in [0.25, 0.3) is 11.1 Å². The number of anilines is 1.